The highest BCUT2D eigenvalue weighted by Gasteiger charge is 2.32. The average Bonchev–Trinajstić information content (AvgIpc) is 3.41. The normalized spacial score (nSPS) is 19.7. The van der Waals surface area contributed by atoms with Crippen LogP contribution in [0.15, 0.2) is 48.5 Å². The van der Waals surface area contributed by atoms with Gasteiger partial charge in [0.25, 0.3) is 5.91 Å². The van der Waals surface area contributed by atoms with E-state index in [9.17, 15) is 13.6 Å². The number of amides is 1. The fourth-order valence-corrected chi connectivity index (χ4v) is 4.16. The molecule has 2 aliphatic heterocycles. The Bertz CT molecular complexity index is 838. The number of rotatable bonds is 6. The van der Waals surface area contributed by atoms with E-state index in [2.05, 4.69) is 15.0 Å². The summed E-state index contributed by atoms with van der Waals surface area (Å²) in [6.45, 7) is 0.963. The monoisotopic (exact) mass is 401 g/mol. The molecular weight excluding hydrogens is 376 g/mol. The number of anilines is 2. The molecule has 2 aromatic rings. The van der Waals surface area contributed by atoms with Crippen LogP contribution in [0, 0.1) is 0 Å². The third kappa shape index (κ3) is 4.67. The fourth-order valence-electron chi connectivity index (χ4n) is 4.16. The third-order valence-corrected chi connectivity index (χ3v) is 5.62. The number of hydrogen-bond acceptors (Lipinski definition) is 4. The minimum atomic E-state index is -2.85. The van der Waals surface area contributed by atoms with Gasteiger partial charge in [-0.05, 0) is 68.8 Å². The maximum absolute atomic E-state index is 13.2. The summed E-state index contributed by atoms with van der Waals surface area (Å²) < 4.78 is 29.0. The van der Waals surface area contributed by atoms with Gasteiger partial charge in [0, 0.05) is 24.8 Å². The molecule has 154 valence electrons. The molecule has 1 atom stereocenters. The Hall–Kier alpha value is -2.67. The Kier molecular flexibility index (Phi) is 5.94. The first-order valence-electron chi connectivity index (χ1n) is 10.0. The zero-order valence-corrected chi connectivity index (χ0v) is 16.2. The summed E-state index contributed by atoms with van der Waals surface area (Å²) in [5.74, 6) is 0.118. The van der Waals surface area contributed by atoms with Gasteiger partial charge in [-0.15, -0.1) is 0 Å². The zero-order chi connectivity index (χ0) is 20.2. The van der Waals surface area contributed by atoms with E-state index in [1.54, 1.807) is 12.1 Å². The number of para-hydroxylation sites is 1. The van der Waals surface area contributed by atoms with Crippen molar-refractivity contribution in [3.63, 3.8) is 0 Å². The number of ether oxygens (including phenoxy) is 1. The van der Waals surface area contributed by atoms with Crippen molar-refractivity contribution in [2.24, 2.45) is 0 Å². The van der Waals surface area contributed by atoms with Gasteiger partial charge in [0.05, 0.1) is 11.3 Å². The van der Waals surface area contributed by atoms with Crippen LogP contribution >= 0.6 is 0 Å². The Morgan fingerprint density at radius 2 is 1.76 bits per heavy atom. The predicted molar refractivity (Wildman–Crippen MR) is 108 cm³/mol. The van der Waals surface area contributed by atoms with Crippen molar-refractivity contribution in [3.8, 4) is 5.75 Å². The molecule has 2 fully saturated rings. The summed E-state index contributed by atoms with van der Waals surface area (Å²) in [5, 5.41) is 3.22. The summed E-state index contributed by atoms with van der Waals surface area (Å²) in [7, 11) is 0. The minimum Gasteiger partial charge on any atom is -0.435 e. The minimum absolute atomic E-state index is 0.0208. The van der Waals surface area contributed by atoms with E-state index in [1.807, 2.05) is 29.2 Å². The van der Waals surface area contributed by atoms with Crippen molar-refractivity contribution < 1.29 is 18.3 Å². The van der Waals surface area contributed by atoms with Crippen LogP contribution in [0.3, 0.4) is 0 Å². The molecule has 2 saturated heterocycles. The lowest BCUT2D eigenvalue weighted by Gasteiger charge is -2.24. The highest BCUT2D eigenvalue weighted by Crippen LogP contribution is 2.27. The lowest BCUT2D eigenvalue weighted by molar-refractivity contribution is -0.0498. The van der Waals surface area contributed by atoms with Gasteiger partial charge in [-0.3, -0.25) is 9.69 Å². The molecule has 0 radical (unpaired) electrons. The largest absolute Gasteiger partial charge is 0.435 e. The van der Waals surface area contributed by atoms with Crippen LogP contribution in [0.2, 0.25) is 0 Å². The molecule has 4 rings (SSSR count). The predicted octanol–water partition coefficient (Wildman–Crippen LogP) is 4.34. The van der Waals surface area contributed by atoms with Crippen LogP contribution in [0.1, 0.15) is 29.6 Å². The molecule has 1 amide bonds. The molecule has 0 spiro atoms. The molecule has 7 heteroatoms. The number of halogens is 2. The van der Waals surface area contributed by atoms with Crippen molar-refractivity contribution >= 4 is 17.3 Å². The number of alkyl halides is 2. The highest BCUT2D eigenvalue weighted by molar-refractivity contribution is 6.00. The van der Waals surface area contributed by atoms with E-state index in [0.717, 1.165) is 32.6 Å². The van der Waals surface area contributed by atoms with Crippen LogP contribution in [-0.4, -0.2) is 54.5 Å². The van der Waals surface area contributed by atoms with E-state index in [1.165, 1.54) is 25.0 Å². The second kappa shape index (κ2) is 8.78. The molecule has 0 bridgehead atoms. The van der Waals surface area contributed by atoms with Gasteiger partial charge in [0.1, 0.15) is 5.75 Å². The van der Waals surface area contributed by atoms with Crippen molar-refractivity contribution in [1.29, 1.82) is 0 Å². The van der Waals surface area contributed by atoms with E-state index >= 15 is 0 Å². The Labute approximate surface area is 169 Å². The molecule has 1 unspecified atom stereocenters. The molecule has 0 saturated carbocycles. The van der Waals surface area contributed by atoms with E-state index in [-0.39, 0.29) is 11.7 Å². The van der Waals surface area contributed by atoms with Gasteiger partial charge in [-0.25, -0.2) is 0 Å². The molecule has 29 heavy (non-hydrogen) atoms. The number of carbonyl (C=O) groups is 1. The summed E-state index contributed by atoms with van der Waals surface area (Å²) in [5.41, 5.74) is 2.01. The molecule has 2 aromatic carbocycles. The van der Waals surface area contributed by atoms with Crippen LogP contribution < -0.4 is 10.1 Å². The first-order valence-corrected chi connectivity index (χ1v) is 10.0. The zero-order valence-electron chi connectivity index (χ0n) is 16.2. The van der Waals surface area contributed by atoms with E-state index in [0.29, 0.717) is 23.0 Å². The van der Waals surface area contributed by atoms with Gasteiger partial charge in [-0.1, -0.05) is 12.1 Å². The quantitative estimate of drug-likeness (QED) is 0.782. The van der Waals surface area contributed by atoms with Crippen LogP contribution in [0.25, 0.3) is 0 Å². The smallest absolute Gasteiger partial charge is 0.387 e. The number of nitrogens with zero attached hydrogens (tertiary/aromatic N) is 2. The lowest BCUT2D eigenvalue weighted by Crippen LogP contribution is -2.37. The van der Waals surface area contributed by atoms with Crippen molar-refractivity contribution in [2.45, 2.75) is 31.9 Å². The molecule has 2 aliphatic rings. The van der Waals surface area contributed by atoms with Crippen LogP contribution in [-0.2, 0) is 0 Å². The SMILES string of the molecule is O=C(c1ccccc1Nc1ccc(OC(F)F)cc1)N1CCC(N2CCCC2)C1. The van der Waals surface area contributed by atoms with Crippen molar-refractivity contribution in [1.82, 2.24) is 9.80 Å². The number of carbonyl (C=O) groups excluding carboxylic acids is 1. The number of hydrogen-bond donors (Lipinski definition) is 1. The molecule has 0 aliphatic carbocycles. The van der Waals surface area contributed by atoms with Gasteiger partial charge in [0.2, 0.25) is 0 Å². The topological polar surface area (TPSA) is 44.8 Å². The standard InChI is InChI=1S/C22H25F2N3O2/c23-22(24)29-18-9-7-16(8-10-18)25-20-6-2-1-5-19(20)21(28)27-14-11-17(15-27)26-12-3-4-13-26/h1-2,5-10,17,22,25H,3-4,11-15H2. The van der Waals surface area contributed by atoms with Gasteiger partial charge >= 0.3 is 6.61 Å². The lowest BCUT2D eigenvalue weighted by atomic mass is 10.1. The second-order valence-electron chi connectivity index (χ2n) is 7.51. The fraction of sp³-hybridized carbons (Fsp3) is 0.409. The molecule has 1 N–H and O–H groups in total. The summed E-state index contributed by atoms with van der Waals surface area (Å²) >= 11 is 0. The first kappa shape index (κ1) is 19.6. The number of benzene rings is 2. The van der Waals surface area contributed by atoms with Crippen LogP contribution in [0.4, 0.5) is 20.2 Å². The van der Waals surface area contributed by atoms with E-state index in [4.69, 9.17) is 0 Å². The third-order valence-electron chi connectivity index (χ3n) is 5.62. The van der Waals surface area contributed by atoms with Gasteiger partial charge in [-0.2, -0.15) is 8.78 Å². The van der Waals surface area contributed by atoms with Crippen molar-refractivity contribution in [3.05, 3.63) is 54.1 Å². The maximum Gasteiger partial charge on any atom is 0.387 e. The Morgan fingerprint density at radius 1 is 1.03 bits per heavy atom. The van der Waals surface area contributed by atoms with Gasteiger partial charge in [0.15, 0.2) is 0 Å². The summed E-state index contributed by atoms with van der Waals surface area (Å²) in [6.07, 6.45) is 3.52. The number of likely N-dealkylation sites (tertiary alicyclic amines) is 2. The average molecular weight is 401 g/mol. The summed E-state index contributed by atoms with van der Waals surface area (Å²) in [6, 6.07) is 14.1. The van der Waals surface area contributed by atoms with Crippen LogP contribution in [0.5, 0.6) is 5.75 Å². The highest BCUT2D eigenvalue weighted by atomic mass is 19.3. The molecule has 0 aromatic heterocycles. The van der Waals surface area contributed by atoms with E-state index < -0.39 is 6.61 Å². The molecule has 5 nitrogen and oxygen atoms in total. The molecular formula is C22H25F2N3O2. The van der Waals surface area contributed by atoms with Gasteiger partial charge < -0.3 is 15.0 Å². The van der Waals surface area contributed by atoms with Crippen molar-refractivity contribution in [2.75, 3.05) is 31.5 Å². The molecule has 2 heterocycles. The maximum atomic E-state index is 13.2. The first-order chi connectivity index (χ1) is 14.1. The Morgan fingerprint density at radius 3 is 2.48 bits per heavy atom. The second-order valence-corrected chi connectivity index (χ2v) is 7.51. The summed E-state index contributed by atoms with van der Waals surface area (Å²) in [4.78, 5) is 17.6. The number of nitrogens with one attached hydrogen (secondary N) is 1. The Balaban J connectivity index is 1.44.